The minimum Gasteiger partial charge on any atom is -0.468 e. The van der Waals surface area contributed by atoms with Crippen molar-refractivity contribution in [2.45, 2.75) is 18.3 Å². The van der Waals surface area contributed by atoms with Crippen LogP contribution in [0, 0.1) is 0 Å². The van der Waals surface area contributed by atoms with Crippen molar-refractivity contribution in [3.63, 3.8) is 0 Å². The Morgan fingerprint density at radius 3 is 2.46 bits per heavy atom. The van der Waals surface area contributed by atoms with Crippen LogP contribution in [0.2, 0.25) is 0 Å². The van der Waals surface area contributed by atoms with Gasteiger partial charge in [0, 0.05) is 30.8 Å². The summed E-state index contributed by atoms with van der Waals surface area (Å²) in [5.41, 5.74) is 6.28. The van der Waals surface area contributed by atoms with Gasteiger partial charge in [-0.15, -0.1) is 0 Å². The third-order valence-electron chi connectivity index (χ3n) is 6.98. The number of benzene rings is 3. The number of hydrogen-bond donors (Lipinski definition) is 1. The molecule has 1 saturated heterocycles. The minimum absolute atomic E-state index is 0.00208. The molecule has 5 rings (SSSR count). The van der Waals surface area contributed by atoms with Crippen LogP contribution in [0.3, 0.4) is 0 Å². The largest absolute Gasteiger partial charge is 0.468 e. The molecule has 0 aliphatic carbocycles. The number of amides is 2. The highest BCUT2D eigenvalue weighted by Crippen LogP contribution is 2.33. The number of fused-ring (bicyclic) bond motifs is 1. The molecule has 4 aromatic rings. The molecule has 9 nitrogen and oxygen atoms in total. The van der Waals surface area contributed by atoms with Crippen LogP contribution in [-0.4, -0.2) is 65.4 Å². The van der Waals surface area contributed by atoms with Crippen LogP contribution in [0.1, 0.15) is 27.5 Å². The zero-order valence-electron chi connectivity index (χ0n) is 21.8. The van der Waals surface area contributed by atoms with E-state index in [0.717, 1.165) is 12.1 Å². The van der Waals surface area contributed by atoms with Gasteiger partial charge in [-0.2, -0.15) is 13.2 Å². The van der Waals surface area contributed by atoms with E-state index >= 15 is 0 Å². The lowest BCUT2D eigenvalue weighted by atomic mass is 10.0. The van der Waals surface area contributed by atoms with E-state index in [-0.39, 0.29) is 42.2 Å². The predicted octanol–water partition coefficient (Wildman–Crippen LogP) is 4.04. The first kappa shape index (κ1) is 27.8. The average molecular weight is 567 g/mol. The Labute approximate surface area is 232 Å². The predicted molar refractivity (Wildman–Crippen MR) is 141 cm³/mol. The average Bonchev–Trinajstić information content (AvgIpc) is 3.41. The van der Waals surface area contributed by atoms with Crippen LogP contribution >= 0.6 is 0 Å². The highest BCUT2D eigenvalue weighted by Gasteiger charge is 2.40. The molecule has 0 spiro atoms. The zero-order chi connectivity index (χ0) is 29.3. The van der Waals surface area contributed by atoms with Crippen molar-refractivity contribution in [3.05, 3.63) is 89.5 Å². The second kappa shape index (κ2) is 11.0. The fourth-order valence-corrected chi connectivity index (χ4v) is 4.95. The number of carbonyl (C=O) groups is 3. The third kappa shape index (κ3) is 5.64. The molecule has 1 fully saturated rings. The zero-order valence-corrected chi connectivity index (χ0v) is 21.8. The first-order valence-corrected chi connectivity index (χ1v) is 12.6. The van der Waals surface area contributed by atoms with Gasteiger partial charge in [-0.05, 0) is 42.0 Å². The van der Waals surface area contributed by atoms with Crippen molar-refractivity contribution in [1.82, 2.24) is 14.8 Å². The van der Waals surface area contributed by atoms with Crippen molar-refractivity contribution >= 4 is 28.9 Å². The number of hydrogen-bond acceptors (Lipinski definition) is 7. The Kier molecular flexibility index (Phi) is 7.50. The second-order valence-corrected chi connectivity index (χ2v) is 9.53. The molecule has 0 bridgehead atoms. The highest BCUT2D eigenvalue weighted by atomic mass is 19.4. The summed E-state index contributed by atoms with van der Waals surface area (Å²) in [6.45, 7) is 0.360. The fraction of sp³-hybridized carbons (Fsp3) is 0.241. The van der Waals surface area contributed by atoms with Gasteiger partial charge in [0.2, 0.25) is 11.8 Å². The van der Waals surface area contributed by atoms with Gasteiger partial charge in [0.05, 0.1) is 12.7 Å². The lowest BCUT2D eigenvalue weighted by molar-refractivity contribution is -0.149. The quantitative estimate of drug-likeness (QED) is 0.350. The number of esters is 1. The van der Waals surface area contributed by atoms with Crippen molar-refractivity contribution in [1.29, 1.82) is 0 Å². The first-order chi connectivity index (χ1) is 19.6. The van der Waals surface area contributed by atoms with Crippen molar-refractivity contribution < 1.29 is 36.7 Å². The number of ether oxygens (including phenoxy) is 1. The van der Waals surface area contributed by atoms with Crippen LogP contribution in [0.4, 0.5) is 13.2 Å². The standard InChI is InChI=1S/C29H25F3N4O5/c1-40-28(39)24(17-6-3-2-4-7-17)35-12-13-36(22(16-35)25(33)37)27(38)19-9-5-8-18(14-19)26-34-21-15-20(29(30,31)32)10-11-23(21)41-26/h2-11,14-15,22,24H,12-13,16H2,1H3,(H2,33,37)/t22-,24+/m0/s1. The molecule has 1 aliphatic rings. The normalized spacial score (nSPS) is 16.9. The van der Waals surface area contributed by atoms with Crippen LogP contribution in [0.5, 0.6) is 0 Å². The number of oxazole rings is 1. The summed E-state index contributed by atoms with van der Waals surface area (Å²) >= 11 is 0. The summed E-state index contributed by atoms with van der Waals surface area (Å²) in [7, 11) is 1.28. The van der Waals surface area contributed by atoms with Crippen molar-refractivity contribution in [2.24, 2.45) is 5.73 Å². The molecule has 2 atom stereocenters. The Morgan fingerprint density at radius 1 is 1.02 bits per heavy atom. The molecule has 1 aliphatic heterocycles. The second-order valence-electron chi connectivity index (χ2n) is 9.53. The van der Waals surface area contributed by atoms with Gasteiger partial charge >= 0.3 is 12.1 Å². The van der Waals surface area contributed by atoms with E-state index < -0.39 is 41.6 Å². The molecule has 212 valence electrons. The summed E-state index contributed by atoms with van der Waals surface area (Å²) in [6.07, 6.45) is -4.53. The maximum Gasteiger partial charge on any atom is 0.416 e. The summed E-state index contributed by atoms with van der Waals surface area (Å²) in [6, 6.07) is 16.3. The van der Waals surface area contributed by atoms with Gasteiger partial charge in [0.1, 0.15) is 17.6 Å². The lowest BCUT2D eigenvalue weighted by Crippen LogP contribution is -2.61. The van der Waals surface area contributed by atoms with Gasteiger partial charge in [-0.25, -0.2) is 9.78 Å². The van der Waals surface area contributed by atoms with Crippen molar-refractivity contribution in [3.8, 4) is 11.5 Å². The Bertz CT molecular complexity index is 1610. The van der Waals surface area contributed by atoms with E-state index in [2.05, 4.69) is 4.98 Å². The van der Waals surface area contributed by atoms with Crippen molar-refractivity contribution in [2.75, 3.05) is 26.7 Å². The molecule has 41 heavy (non-hydrogen) atoms. The number of primary amides is 1. The maximum absolute atomic E-state index is 13.6. The van der Waals surface area contributed by atoms with E-state index in [1.54, 1.807) is 47.4 Å². The number of halogens is 3. The van der Waals surface area contributed by atoms with Gasteiger partial charge in [0.15, 0.2) is 5.58 Å². The fourth-order valence-electron chi connectivity index (χ4n) is 4.95. The number of alkyl halides is 3. The van der Waals surface area contributed by atoms with Gasteiger partial charge < -0.3 is 19.8 Å². The Morgan fingerprint density at radius 2 is 1.78 bits per heavy atom. The summed E-state index contributed by atoms with van der Waals surface area (Å²) in [5.74, 6) is -1.70. The minimum atomic E-state index is -4.53. The van der Waals surface area contributed by atoms with E-state index in [0.29, 0.717) is 11.1 Å². The monoisotopic (exact) mass is 566 g/mol. The molecule has 2 amide bonds. The van der Waals surface area contributed by atoms with Crippen LogP contribution in [0.25, 0.3) is 22.6 Å². The molecule has 2 heterocycles. The van der Waals surface area contributed by atoms with E-state index in [1.165, 1.54) is 24.1 Å². The molecule has 3 aromatic carbocycles. The molecule has 2 N–H and O–H groups in total. The number of methoxy groups -OCH3 is 1. The number of rotatable bonds is 6. The number of piperazine rings is 1. The number of nitrogens with two attached hydrogens (primary N) is 1. The SMILES string of the molecule is COC(=O)[C@@H](c1ccccc1)N1CCN(C(=O)c2cccc(-c3nc4cc(C(F)(F)F)ccc4o3)c2)[C@H](C(N)=O)C1. The molecule has 1 aromatic heterocycles. The van der Waals surface area contributed by atoms with E-state index in [9.17, 15) is 27.6 Å². The van der Waals surface area contributed by atoms with Crippen LogP contribution in [-0.2, 0) is 20.5 Å². The van der Waals surface area contributed by atoms with Gasteiger partial charge in [-0.3, -0.25) is 14.5 Å². The summed E-state index contributed by atoms with van der Waals surface area (Å²) in [5, 5.41) is 0. The number of carbonyl (C=O) groups excluding carboxylic acids is 3. The van der Waals surface area contributed by atoms with Gasteiger partial charge in [-0.1, -0.05) is 36.4 Å². The molecular formula is C29H25F3N4O5. The molecular weight excluding hydrogens is 541 g/mol. The molecule has 12 heteroatoms. The van der Waals surface area contributed by atoms with Gasteiger partial charge in [0.25, 0.3) is 5.91 Å². The topological polar surface area (TPSA) is 119 Å². The molecule has 0 unspecified atom stereocenters. The van der Waals surface area contributed by atoms with E-state index in [1.807, 2.05) is 6.07 Å². The number of aromatic nitrogens is 1. The Hall–Kier alpha value is -4.71. The van der Waals surface area contributed by atoms with Crippen LogP contribution < -0.4 is 5.73 Å². The smallest absolute Gasteiger partial charge is 0.416 e. The molecule has 0 saturated carbocycles. The lowest BCUT2D eigenvalue weighted by Gasteiger charge is -2.42. The number of nitrogens with zero attached hydrogens (tertiary/aromatic N) is 3. The van der Waals surface area contributed by atoms with Crippen LogP contribution in [0.15, 0.2) is 77.2 Å². The summed E-state index contributed by atoms with van der Waals surface area (Å²) in [4.78, 5) is 46.1. The van der Waals surface area contributed by atoms with E-state index in [4.69, 9.17) is 14.9 Å². The molecule has 0 radical (unpaired) electrons. The highest BCUT2D eigenvalue weighted by molar-refractivity contribution is 5.98. The maximum atomic E-state index is 13.6. The first-order valence-electron chi connectivity index (χ1n) is 12.6. The Balaban J connectivity index is 1.40. The summed E-state index contributed by atoms with van der Waals surface area (Å²) < 4.78 is 50.0. The third-order valence-corrected chi connectivity index (χ3v) is 6.98.